The quantitative estimate of drug-likeness (QED) is 0.0243. The zero-order valence-corrected chi connectivity index (χ0v) is 44.4. The highest BCUT2D eigenvalue weighted by molar-refractivity contribution is 7.47. The molecule has 8 nitrogen and oxygen atoms in total. The van der Waals surface area contributed by atoms with Crippen LogP contribution >= 0.6 is 7.82 Å². The van der Waals surface area contributed by atoms with Crippen LogP contribution in [0.1, 0.15) is 284 Å². The molecule has 0 heterocycles. The van der Waals surface area contributed by atoms with E-state index in [2.05, 4.69) is 19.2 Å². The van der Waals surface area contributed by atoms with Gasteiger partial charge in [-0.2, -0.15) is 0 Å². The lowest BCUT2D eigenvalue weighted by Gasteiger charge is -2.25. The van der Waals surface area contributed by atoms with Crippen LogP contribution in [0.2, 0.25) is 0 Å². The molecule has 1 amide bonds. The lowest BCUT2D eigenvalue weighted by molar-refractivity contribution is -0.870. The fourth-order valence-corrected chi connectivity index (χ4v) is 9.31. The van der Waals surface area contributed by atoms with Crippen LogP contribution in [-0.4, -0.2) is 73.4 Å². The molecule has 0 aliphatic carbocycles. The van der Waals surface area contributed by atoms with Gasteiger partial charge in [0.2, 0.25) is 5.91 Å². The average molecular weight is 928 g/mol. The van der Waals surface area contributed by atoms with Crippen LogP contribution in [0.25, 0.3) is 0 Å². The third-order valence-corrected chi connectivity index (χ3v) is 14.0. The fraction of sp³-hybridized carbons (Fsp3) is 0.945. The first-order chi connectivity index (χ1) is 31.0. The number of aliphatic hydroxyl groups excluding tert-OH is 1. The minimum Gasteiger partial charge on any atom is -0.387 e. The number of nitrogens with one attached hydrogen (secondary N) is 1. The summed E-state index contributed by atoms with van der Waals surface area (Å²) in [5.41, 5.74) is 0. The normalized spacial score (nSPS) is 14.0. The van der Waals surface area contributed by atoms with Crippen molar-refractivity contribution >= 4 is 13.7 Å². The maximum absolute atomic E-state index is 12.9. The zero-order chi connectivity index (χ0) is 47.1. The molecule has 3 N–H and O–H groups in total. The Labute approximate surface area is 399 Å². The van der Waals surface area contributed by atoms with Gasteiger partial charge in [0.1, 0.15) is 13.2 Å². The molecular formula is C55H112N2O6P+. The lowest BCUT2D eigenvalue weighted by atomic mass is 10.0. The van der Waals surface area contributed by atoms with Crippen molar-refractivity contribution in [1.82, 2.24) is 5.32 Å². The number of aliphatic hydroxyl groups is 1. The van der Waals surface area contributed by atoms with Crippen molar-refractivity contribution in [3.05, 3.63) is 12.2 Å². The molecule has 64 heavy (non-hydrogen) atoms. The van der Waals surface area contributed by atoms with Crippen LogP contribution < -0.4 is 5.32 Å². The van der Waals surface area contributed by atoms with Crippen molar-refractivity contribution in [3.63, 3.8) is 0 Å². The third kappa shape index (κ3) is 49.2. The summed E-state index contributed by atoms with van der Waals surface area (Å²) in [5.74, 6) is -0.176. The fourth-order valence-electron chi connectivity index (χ4n) is 8.57. The third-order valence-electron chi connectivity index (χ3n) is 13.0. The van der Waals surface area contributed by atoms with E-state index in [0.29, 0.717) is 17.4 Å². The number of phosphoric acid groups is 1. The van der Waals surface area contributed by atoms with Gasteiger partial charge >= 0.3 is 7.82 Å². The van der Waals surface area contributed by atoms with Gasteiger partial charge < -0.3 is 19.8 Å². The number of carbonyl (C=O) groups excluding carboxylic acids is 1. The van der Waals surface area contributed by atoms with Gasteiger partial charge in [0.25, 0.3) is 0 Å². The second-order valence-corrected chi connectivity index (χ2v) is 22.1. The maximum atomic E-state index is 12.9. The second-order valence-electron chi connectivity index (χ2n) is 20.7. The summed E-state index contributed by atoms with van der Waals surface area (Å²) in [6, 6.07) is -0.839. The Balaban J connectivity index is 3.76. The molecular weight excluding hydrogens is 816 g/mol. The number of rotatable bonds is 52. The van der Waals surface area contributed by atoms with Gasteiger partial charge in [-0.05, 0) is 19.3 Å². The monoisotopic (exact) mass is 928 g/mol. The van der Waals surface area contributed by atoms with E-state index in [1.54, 1.807) is 6.08 Å². The van der Waals surface area contributed by atoms with E-state index in [1.807, 2.05) is 27.2 Å². The highest BCUT2D eigenvalue weighted by Gasteiger charge is 2.27. The zero-order valence-electron chi connectivity index (χ0n) is 43.6. The molecule has 0 aromatic carbocycles. The van der Waals surface area contributed by atoms with Gasteiger partial charge in [-0.25, -0.2) is 4.57 Å². The molecule has 0 aliphatic heterocycles. The molecule has 9 heteroatoms. The molecule has 0 rings (SSSR count). The topological polar surface area (TPSA) is 105 Å². The summed E-state index contributed by atoms with van der Waals surface area (Å²) in [5, 5.41) is 13.7. The maximum Gasteiger partial charge on any atom is 0.472 e. The Kier molecular flexibility index (Phi) is 46.8. The van der Waals surface area contributed by atoms with E-state index < -0.39 is 20.0 Å². The molecule has 0 aromatic rings. The first kappa shape index (κ1) is 63.2. The van der Waals surface area contributed by atoms with E-state index in [9.17, 15) is 19.4 Å². The summed E-state index contributed by atoms with van der Waals surface area (Å²) in [6.07, 6.45) is 58.0. The highest BCUT2D eigenvalue weighted by Crippen LogP contribution is 2.43. The van der Waals surface area contributed by atoms with Gasteiger partial charge in [-0.15, -0.1) is 0 Å². The van der Waals surface area contributed by atoms with Crippen LogP contribution in [-0.2, 0) is 18.4 Å². The van der Waals surface area contributed by atoms with Crippen LogP contribution in [0.3, 0.4) is 0 Å². The number of quaternary nitrogens is 1. The number of nitrogens with zero attached hydrogens (tertiary/aromatic N) is 1. The predicted molar refractivity (Wildman–Crippen MR) is 277 cm³/mol. The summed E-state index contributed by atoms with van der Waals surface area (Å²) < 4.78 is 23.5. The Morgan fingerprint density at radius 3 is 1.16 bits per heavy atom. The molecule has 0 fully saturated rings. The standard InChI is InChI=1S/C55H111N2O6P/c1-6-8-10-12-14-15-16-17-18-19-20-21-22-23-24-25-26-27-28-29-30-31-32-33-34-35-36-37-38-39-40-41-43-45-47-49-55(59)56-53(54(58)48-46-44-42-13-11-9-7-2)52-63-64(60,61)62-51-50-57(3,4)5/h46,48,53-54,58H,6-45,47,49-52H2,1-5H3,(H-,56,59,60,61)/p+1/b48-46+. The lowest BCUT2D eigenvalue weighted by Crippen LogP contribution is -2.45. The van der Waals surface area contributed by atoms with Crippen LogP contribution in [0.5, 0.6) is 0 Å². The van der Waals surface area contributed by atoms with Gasteiger partial charge in [-0.3, -0.25) is 13.8 Å². The Morgan fingerprint density at radius 1 is 0.516 bits per heavy atom. The summed E-state index contributed by atoms with van der Waals surface area (Å²) in [6.45, 7) is 4.78. The molecule has 0 radical (unpaired) electrons. The predicted octanol–water partition coefficient (Wildman–Crippen LogP) is 16.7. The van der Waals surface area contributed by atoms with Crippen molar-refractivity contribution in [2.45, 2.75) is 296 Å². The molecule has 0 spiro atoms. The average Bonchev–Trinajstić information content (AvgIpc) is 3.25. The molecule has 0 saturated heterocycles. The Bertz CT molecular complexity index is 1050. The number of likely N-dealkylation sites (N-methyl/N-ethyl adjacent to an activating group) is 1. The first-order valence-electron chi connectivity index (χ1n) is 28.1. The van der Waals surface area contributed by atoms with Gasteiger partial charge in [0, 0.05) is 6.42 Å². The summed E-state index contributed by atoms with van der Waals surface area (Å²) in [7, 11) is 1.58. The molecule has 382 valence electrons. The minimum absolute atomic E-state index is 0.0640. The molecule has 0 saturated carbocycles. The van der Waals surface area contributed by atoms with E-state index in [-0.39, 0.29) is 19.1 Å². The largest absolute Gasteiger partial charge is 0.472 e. The van der Waals surface area contributed by atoms with Crippen LogP contribution in [0.15, 0.2) is 12.2 Å². The summed E-state index contributed by atoms with van der Waals surface area (Å²) >= 11 is 0. The molecule has 3 atom stereocenters. The number of hydrogen-bond donors (Lipinski definition) is 3. The van der Waals surface area contributed by atoms with Crippen LogP contribution in [0, 0.1) is 0 Å². The number of allylic oxidation sites excluding steroid dienone is 1. The number of unbranched alkanes of at least 4 members (excludes halogenated alkanes) is 39. The smallest absolute Gasteiger partial charge is 0.387 e. The Morgan fingerprint density at radius 2 is 0.828 bits per heavy atom. The number of amides is 1. The van der Waals surface area contributed by atoms with Crippen molar-refractivity contribution in [2.75, 3.05) is 40.9 Å². The van der Waals surface area contributed by atoms with Gasteiger partial charge in [0.15, 0.2) is 0 Å². The number of carbonyl (C=O) groups is 1. The Hall–Kier alpha value is -0.760. The number of phosphoric ester groups is 1. The molecule has 0 aromatic heterocycles. The van der Waals surface area contributed by atoms with E-state index >= 15 is 0 Å². The molecule has 0 aliphatic rings. The van der Waals surface area contributed by atoms with Gasteiger partial charge in [0.05, 0.1) is 39.9 Å². The van der Waals surface area contributed by atoms with Crippen molar-refractivity contribution in [2.24, 2.45) is 0 Å². The van der Waals surface area contributed by atoms with E-state index in [0.717, 1.165) is 38.5 Å². The minimum atomic E-state index is -4.33. The van der Waals surface area contributed by atoms with Gasteiger partial charge in [-0.1, -0.05) is 270 Å². The second kappa shape index (κ2) is 47.3. The van der Waals surface area contributed by atoms with Crippen molar-refractivity contribution < 1.29 is 32.9 Å². The van der Waals surface area contributed by atoms with Crippen LogP contribution in [0.4, 0.5) is 0 Å². The number of hydrogen-bond acceptors (Lipinski definition) is 5. The van der Waals surface area contributed by atoms with Crippen molar-refractivity contribution in [1.29, 1.82) is 0 Å². The van der Waals surface area contributed by atoms with Crippen molar-refractivity contribution in [3.8, 4) is 0 Å². The van der Waals surface area contributed by atoms with E-state index in [4.69, 9.17) is 9.05 Å². The molecule has 0 bridgehead atoms. The first-order valence-corrected chi connectivity index (χ1v) is 29.6. The SMILES string of the molecule is CCCCCCC/C=C/C(O)C(COP(=O)(O)OCC[N+](C)(C)C)NC(=O)CCCCCCCCCCCCCCCCCCCCCCCCCCCCCCCCCCCCC. The summed E-state index contributed by atoms with van der Waals surface area (Å²) in [4.78, 5) is 23.1. The van der Waals surface area contributed by atoms with E-state index in [1.165, 1.54) is 225 Å². The highest BCUT2D eigenvalue weighted by atomic mass is 31.2. The molecule has 3 unspecified atom stereocenters.